The molecule has 6 atom stereocenters. The lowest BCUT2D eigenvalue weighted by Gasteiger charge is -2.34. The molecule has 338 valence electrons. The predicted molar refractivity (Wildman–Crippen MR) is 201 cm³/mol. The van der Waals surface area contributed by atoms with Gasteiger partial charge in [-0.25, -0.2) is 23.2 Å². The van der Waals surface area contributed by atoms with E-state index < -0.39 is 117 Å². The van der Waals surface area contributed by atoms with Crippen LogP contribution in [0.5, 0.6) is 11.6 Å². The van der Waals surface area contributed by atoms with Crippen molar-refractivity contribution in [2.45, 2.75) is 125 Å². The number of sulfonamides is 1. The van der Waals surface area contributed by atoms with Crippen molar-refractivity contribution >= 4 is 44.9 Å². The van der Waals surface area contributed by atoms with Gasteiger partial charge in [-0.05, 0) is 64.0 Å². The largest absolute Gasteiger partial charge is 0.497 e. The number of methoxy groups -OCH3 is 2. The van der Waals surface area contributed by atoms with Gasteiger partial charge in [0.05, 0.1) is 36.5 Å². The van der Waals surface area contributed by atoms with Crippen molar-refractivity contribution in [2.24, 2.45) is 11.8 Å². The summed E-state index contributed by atoms with van der Waals surface area (Å²) in [7, 11) is -1.44. The van der Waals surface area contributed by atoms with Gasteiger partial charge in [0.15, 0.2) is 0 Å². The highest BCUT2D eigenvalue weighted by Gasteiger charge is 2.63. The van der Waals surface area contributed by atoms with Crippen molar-refractivity contribution < 1.29 is 72.9 Å². The summed E-state index contributed by atoms with van der Waals surface area (Å²) >= 11 is 0. The van der Waals surface area contributed by atoms with Crippen LogP contribution in [0, 0.1) is 11.8 Å². The number of nitrogens with one attached hydrogen (secondary N) is 3. The normalized spacial score (nSPS) is 26.9. The van der Waals surface area contributed by atoms with Crippen molar-refractivity contribution in [2.75, 3.05) is 27.4 Å². The molecule has 3 heterocycles. The third kappa shape index (κ3) is 10.2. The fourth-order valence-electron chi connectivity index (χ4n) is 7.81. The number of fused-ring (bicyclic) bond motifs is 3. The molecule has 23 heteroatoms. The molecular weight excluding hydrogens is 847 g/mol. The Morgan fingerprint density at radius 3 is 2.28 bits per heavy atom. The molecule has 4 amide bonds. The molecule has 1 aromatic heterocycles. The van der Waals surface area contributed by atoms with Crippen molar-refractivity contribution in [1.29, 1.82) is 0 Å². The van der Waals surface area contributed by atoms with Crippen LogP contribution in [0.1, 0.15) is 83.7 Å². The highest BCUT2D eigenvalue weighted by atomic mass is 32.2. The highest BCUT2D eigenvalue weighted by Crippen LogP contribution is 2.48. The predicted octanol–water partition coefficient (Wildman–Crippen LogP) is 4.54. The Morgan fingerprint density at radius 1 is 0.967 bits per heavy atom. The minimum absolute atomic E-state index is 0.0511. The number of aromatic nitrogens is 2. The Kier molecular flexibility index (Phi) is 13.0. The van der Waals surface area contributed by atoms with E-state index >= 15 is 0 Å². The standard InChI is InChI=1S/C38H48F6N6O10S/c1-35(2,38(42,43)44)60-34(54)47-28-20(19-57-3)9-7-5-6-8-10-21-17-36(21,33(53)49-61(55,56)24-12-13-24)48-30(51)27-16-23(18-50(27)32(28)52)59-31-29(37(39,40)41)45-25-14-11-22(58-4)15-26(25)46-31/h11,14-15,20-21,23-24,27-28H,5-10,12-13,16-19H2,1-4H3,(H,47,54)(H,48,51)(H,49,53)/t20-,21+,23+,27-,28-,36+/m0/s1. The van der Waals surface area contributed by atoms with E-state index in [1.54, 1.807) is 0 Å². The molecule has 1 aromatic carbocycles. The van der Waals surface area contributed by atoms with E-state index in [2.05, 4.69) is 25.3 Å². The maximum atomic E-state index is 14.8. The fourth-order valence-corrected chi connectivity index (χ4v) is 9.18. The first-order chi connectivity index (χ1) is 28.5. The maximum Gasteiger partial charge on any atom is 0.438 e. The topological polar surface area (TPSA) is 204 Å². The summed E-state index contributed by atoms with van der Waals surface area (Å²) in [6.45, 7) is 0.393. The molecule has 0 spiro atoms. The second-order valence-corrected chi connectivity index (χ2v) is 18.4. The molecule has 2 saturated heterocycles. The van der Waals surface area contributed by atoms with Crippen LogP contribution in [0.3, 0.4) is 0 Å². The monoisotopic (exact) mass is 894 g/mol. The number of benzene rings is 1. The molecule has 4 aliphatic rings. The second-order valence-electron chi connectivity index (χ2n) is 16.5. The van der Waals surface area contributed by atoms with Gasteiger partial charge >= 0.3 is 18.4 Å². The SMILES string of the molecule is COC[C@@H]1CCCCCC[C@@H]2C[C@@]2(C(=O)NS(=O)(=O)C2CC2)NC(=O)[C@@H]2C[C@@H](Oc3nc4cc(OC)ccc4nc3C(F)(F)F)CN2C(=O)[C@H]1NC(=O)OC(C)(C)C(F)(F)F. The Morgan fingerprint density at radius 2 is 1.66 bits per heavy atom. The number of nitrogens with zero attached hydrogens (tertiary/aromatic N) is 3. The number of rotatable bonds is 10. The van der Waals surface area contributed by atoms with Crippen molar-refractivity contribution in [3.63, 3.8) is 0 Å². The van der Waals surface area contributed by atoms with Gasteiger partial charge in [-0.15, -0.1) is 0 Å². The zero-order chi connectivity index (χ0) is 44.7. The lowest BCUT2D eigenvalue weighted by atomic mass is 9.92. The molecule has 3 N–H and O–H groups in total. The number of halogens is 6. The average molecular weight is 895 g/mol. The van der Waals surface area contributed by atoms with Crippen molar-refractivity contribution in [3.8, 4) is 11.6 Å². The Bertz CT molecular complexity index is 2120. The van der Waals surface area contributed by atoms with E-state index in [1.165, 1.54) is 32.4 Å². The second kappa shape index (κ2) is 17.2. The average Bonchev–Trinajstić information content (AvgIpc) is 4.09. The van der Waals surface area contributed by atoms with Gasteiger partial charge < -0.3 is 34.5 Å². The lowest BCUT2D eigenvalue weighted by molar-refractivity contribution is -0.244. The molecule has 16 nitrogen and oxygen atoms in total. The molecular formula is C38H48F6N6O10S. The summed E-state index contributed by atoms with van der Waals surface area (Å²) in [5, 5.41) is 4.13. The molecule has 2 aliphatic heterocycles. The van der Waals surface area contributed by atoms with Crippen LogP contribution in [-0.2, 0) is 40.1 Å². The summed E-state index contributed by atoms with van der Waals surface area (Å²) in [4.78, 5) is 64.9. The van der Waals surface area contributed by atoms with Crippen molar-refractivity contribution in [3.05, 3.63) is 23.9 Å². The number of amides is 4. The van der Waals surface area contributed by atoms with E-state index in [9.17, 15) is 53.9 Å². The number of ether oxygens (including phenoxy) is 4. The summed E-state index contributed by atoms with van der Waals surface area (Å²) in [6.07, 6.45) is -10.1. The zero-order valence-corrected chi connectivity index (χ0v) is 34.6. The summed E-state index contributed by atoms with van der Waals surface area (Å²) < 4.78 is 134. The molecule has 4 fully saturated rings. The molecule has 2 aliphatic carbocycles. The third-order valence-corrected chi connectivity index (χ3v) is 13.4. The Labute approximate surface area is 347 Å². The van der Waals surface area contributed by atoms with E-state index in [4.69, 9.17) is 18.9 Å². The lowest BCUT2D eigenvalue weighted by Crippen LogP contribution is -2.60. The van der Waals surface area contributed by atoms with E-state index in [0.717, 1.165) is 4.90 Å². The molecule has 0 radical (unpaired) electrons. The smallest absolute Gasteiger partial charge is 0.438 e. The first kappa shape index (κ1) is 45.8. The van der Waals surface area contributed by atoms with Gasteiger partial charge in [0.1, 0.15) is 29.5 Å². The zero-order valence-electron chi connectivity index (χ0n) is 33.8. The molecule has 6 rings (SSSR count). The van der Waals surface area contributed by atoms with Crippen LogP contribution in [0.25, 0.3) is 11.0 Å². The number of alkyl halides is 6. The van der Waals surface area contributed by atoms with Crippen LogP contribution in [0.2, 0.25) is 0 Å². The molecule has 0 unspecified atom stereocenters. The van der Waals surface area contributed by atoms with Crippen molar-refractivity contribution in [1.82, 2.24) is 30.2 Å². The number of hydrogen-bond acceptors (Lipinski definition) is 12. The number of hydrogen-bond donors (Lipinski definition) is 3. The highest BCUT2D eigenvalue weighted by molar-refractivity contribution is 7.91. The summed E-state index contributed by atoms with van der Waals surface area (Å²) in [5.41, 5.74) is -6.45. The summed E-state index contributed by atoms with van der Waals surface area (Å²) in [6, 6.07) is 0.614. The molecule has 0 bridgehead atoms. The molecule has 2 saturated carbocycles. The van der Waals surface area contributed by atoms with Crippen LogP contribution < -0.4 is 24.8 Å². The van der Waals surface area contributed by atoms with Gasteiger partial charge in [-0.3, -0.25) is 19.1 Å². The van der Waals surface area contributed by atoms with Crippen LogP contribution in [0.4, 0.5) is 31.1 Å². The van der Waals surface area contributed by atoms with Gasteiger partial charge in [0, 0.05) is 25.5 Å². The Balaban J connectivity index is 1.39. The molecule has 61 heavy (non-hydrogen) atoms. The van der Waals surface area contributed by atoms with Gasteiger partial charge in [-0.2, -0.15) is 26.3 Å². The van der Waals surface area contributed by atoms with Crippen LogP contribution in [0.15, 0.2) is 18.2 Å². The maximum absolute atomic E-state index is 14.8. The number of alkyl carbamates (subject to hydrolysis) is 1. The minimum atomic E-state index is -5.10. The Hall–Kier alpha value is -4.67. The summed E-state index contributed by atoms with van der Waals surface area (Å²) in [5.74, 6) is -5.19. The van der Waals surface area contributed by atoms with Crippen LogP contribution >= 0.6 is 0 Å². The first-order valence-electron chi connectivity index (χ1n) is 19.8. The van der Waals surface area contributed by atoms with Gasteiger partial charge in [0.2, 0.25) is 39.0 Å². The minimum Gasteiger partial charge on any atom is -0.497 e. The number of carbonyl (C=O) groups is 4. The molecule has 2 aromatic rings. The van der Waals surface area contributed by atoms with Gasteiger partial charge in [-0.1, -0.05) is 25.7 Å². The van der Waals surface area contributed by atoms with E-state index in [-0.39, 0.29) is 36.2 Å². The van der Waals surface area contributed by atoms with E-state index in [1.807, 2.05) is 0 Å². The fraction of sp³-hybridized carbons (Fsp3) is 0.684. The third-order valence-electron chi connectivity index (χ3n) is 11.6. The van der Waals surface area contributed by atoms with E-state index in [0.29, 0.717) is 58.8 Å². The van der Waals surface area contributed by atoms with Gasteiger partial charge in [0.25, 0.3) is 5.91 Å². The first-order valence-corrected chi connectivity index (χ1v) is 21.4. The number of carbonyl (C=O) groups excluding carboxylic acids is 4. The quantitative estimate of drug-likeness (QED) is 0.282. The van der Waals surface area contributed by atoms with Crippen LogP contribution in [-0.4, -0.2) is 115 Å².